The lowest BCUT2D eigenvalue weighted by Crippen LogP contribution is -2.50. The number of ether oxygens (including phenoxy) is 2. The zero-order valence-electron chi connectivity index (χ0n) is 19.2. The summed E-state index contributed by atoms with van der Waals surface area (Å²) in [4.78, 5) is 16.7. The SMILES string of the molecule is CCc1ccccc1NC(=O)N1CCN(c2ccc(-c3ccc(OC)c(OC)c3)nn2)CC1. The summed E-state index contributed by atoms with van der Waals surface area (Å²) in [7, 11) is 3.22. The summed E-state index contributed by atoms with van der Waals surface area (Å²) < 4.78 is 10.7. The van der Waals surface area contributed by atoms with Crippen LogP contribution in [0.3, 0.4) is 0 Å². The standard InChI is InChI=1S/C25H29N5O3/c1-4-18-7-5-6-8-20(18)26-25(31)30-15-13-29(14-16-30)24-12-10-21(27-28-24)19-9-11-22(32-2)23(17-19)33-3/h5-12,17H,4,13-16H2,1-3H3,(H,26,31). The predicted octanol–water partition coefficient (Wildman–Crippen LogP) is 4.08. The molecular weight excluding hydrogens is 418 g/mol. The highest BCUT2D eigenvalue weighted by Gasteiger charge is 2.22. The van der Waals surface area contributed by atoms with E-state index >= 15 is 0 Å². The molecule has 1 aromatic heterocycles. The van der Waals surface area contributed by atoms with Gasteiger partial charge >= 0.3 is 6.03 Å². The third-order valence-corrected chi connectivity index (χ3v) is 5.86. The van der Waals surface area contributed by atoms with Crippen molar-refractivity contribution in [3.63, 3.8) is 0 Å². The van der Waals surface area contributed by atoms with Crippen molar-refractivity contribution >= 4 is 17.5 Å². The van der Waals surface area contributed by atoms with Crippen LogP contribution in [0.15, 0.2) is 54.6 Å². The molecule has 1 N–H and O–H groups in total. The zero-order valence-corrected chi connectivity index (χ0v) is 19.2. The van der Waals surface area contributed by atoms with Crippen molar-refractivity contribution in [2.45, 2.75) is 13.3 Å². The van der Waals surface area contributed by atoms with E-state index in [0.717, 1.165) is 34.7 Å². The Hall–Kier alpha value is -3.81. The van der Waals surface area contributed by atoms with Crippen molar-refractivity contribution in [2.24, 2.45) is 0 Å². The molecule has 0 atom stereocenters. The van der Waals surface area contributed by atoms with Crippen LogP contribution in [0.5, 0.6) is 11.5 Å². The molecule has 0 saturated carbocycles. The molecule has 2 heterocycles. The van der Waals surface area contributed by atoms with Crippen molar-refractivity contribution in [1.82, 2.24) is 15.1 Å². The smallest absolute Gasteiger partial charge is 0.321 e. The van der Waals surface area contributed by atoms with Gasteiger partial charge in [-0.3, -0.25) is 0 Å². The highest BCUT2D eigenvalue weighted by Crippen LogP contribution is 2.31. The lowest BCUT2D eigenvalue weighted by molar-refractivity contribution is 0.208. The largest absolute Gasteiger partial charge is 0.493 e. The minimum Gasteiger partial charge on any atom is -0.493 e. The fourth-order valence-electron chi connectivity index (χ4n) is 3.93. The summed E-state index contributed by atoms with van der Waals surface area (Å²) >= 11 is 0. The number of urea groups is 1. The maximum atomic E-state index is 12.7. The van der Waals surface area contributed by atoms with Crippen LogP contribution in [0, 0.1) is 0 Å². The van der Waals surface area contributed by atoms with Crippen LogP contribution in [0.25, 0.3) is 11.3 Å². The van der Waals surface area contributed by atoms with Gasteiger partial charge in [0.1, 0.15) is 0 Å². The Bertz CT molecular complexity index is 1100. The number of rotatable bonds is 6. The molecular formula is C25H29N5O3. The molecule has 2 aromatic carbocycles. The lowest BCUT2D eigenvalue weighted by Gasteiger charge is -2.35. The van der Waals surface area contributed by atoms with E-state index in [-0.39, 0.29) is 6.03 Å². The maximum Gasteiger partial charge on any atom is 0.321 e. The number of nitrogens with one attached hydrogen (secondary N) is 1. The van der Waals surface area contributed by atoms with Gasteiger partial charge in [-0.1, -0.05) is 25.1 Å². The molecule has 1 saturated heterocycles. The van der Waals surface area contributed by atoms with Crippen molar-refractivity contribution in [3.8, 4) is 22.8 Å². The maximum absolute atomic E-state index is 12.7. The van der Waals surface area contributed by atoms with Gasteiger partial charge in [0.15, 0.2) is 17.3 Å². The number of hydrogen-bond donors (Lipinski definition) is 1. The van der Waals surface area contributed by atoms with Crippen LogP contribution >= 0.6 is 0 Å². The van der Waals surface area contributed by atoms with Crippen LogP contribution in [0.2, 0.25) is 0 Å². The number of hydrogen-bond acceptors (Lipinski definition) is 6. The van der Waals surface area contributed by atoms with E-state index in [1.807, 2.05) is 59.5 Å². The van der Waals surface area contributed by atoms with Gasteiger partial charge in [-0.2, -0.15) is 0 Å². The Balaban J connectivity index is 1.37. The van der Waals surface area contributed by atoms with Crippen molar-refractivity contribution in [1.29, 1.82) is 0 Å². The van der Waals surface area contributed by atoms with Crippen LogP contribution in [-0.2, 0) is 6.42 Å². The van der Waals surface area contributed by atoms with E-state index in [4.69, 9.17) is 9.47 Å². The molecule has 0 unspecified atom stereocenters. The van der Waals surface area contributed by atoms with Gasteiger partial charge in [0.25, 0.3) is 0 Å². The van der Waals surface area contributed by atoms with E-state index in [0.29, 0.717) is 37.7 Å². The quantitative estimate of drug-likeness (QED) is 0.613. The first-order valence-corrected chi connectivity index (χ1v) is 11.1. The summed E-state index contributed by atoms with van der Waals surface area (Å²) in [5.74, 6) is 2.12. The van der Waals surface area contributed by atoms with Gasteiger partial charge in [0.2, 0.25) is 0 Å². The number of nitrogens with zero attached hydrogens (tertiary/aromatic N) is 4. The number of para-hydroxylation sites is 1. The van der Waals surface area contributed by atoms with E-state index < -0.39 is 0 Å². The third kappa shape index (κ3) is 5.00. The molecule has 3 aromatic rings. The minimum atomic E-state index is -0.0644. The second kappa shape index (κ2) is 10.2. The molecule has 0 radical (unpaired) electrons. The minimum absolute atomic E-state index is 0.0644. The average Bonchev–Trinajstić information content (AvgIpc) is 2.88. The first kappa shape index (κ1) is 22.4. The number of piperazine rings is 1. The molecule has 2 amide bonds. The first-order valence-electron chi connectivity index (χ1n) is 11.1. The molecule has 172 valence electrons. The zero-order chi connectivity index (χ0) is 23.2. The molecule has 0 spiro atoms. The number of aryl methyl sites for hydroxylation is 1. The second-order valence-corrected chi connectivity index (χ2v) is 7.76. The monoisotopic (exact) mass is 447 g/mol. The highest BCUT2D eigenvalue weighted by molar-refractivity contribution is 5.90. The van der Waals surface area contributed by atoms with E-state index in [1.165, 1.54) is 0 Å². The molecule has 4 rings (SSSR count). The van der Waals surface area contributed by atoms with Gasteiger partial charge in [0, 0.05) is 37.4 Å². The van der Waals surface area contributed by atoms with Crippen molar-refractivity contribution < 1.29 is 14.3 Å². The number of carbonyl (C=O) groups is 1. The number of carbonyl (C=O) groups excluding carboxylic acids is 1. The van der Waals surface area contributed by atoms with E-state index in [9.17, 15) is 4.79 Å². The van der Waals surface area contributed by atoms with Gasteiger partial charge in [-0.05, 0) is 48.4 Å². The summed E-state index contributed by atoms with van der Waals surface area (Å²) in [6.45, 7) is 4.74. The molecule has 0 bridgehead atoms. The highest BCUT2D eigenvalue weighted by atomic mass is 16.5. The normalized spacial score (nSPS) is 13.5. The third-order valence-electron chi connectivity index (χ3n) is 5.86. The first-order chi connectivity index (χ1) is 16.1. The number of benzene rings is 2. The van der Waals surface area contributed by atoms with E-state index in [2.05, 4.69) is 27.3 Å². The Morgan fingerprint density at radius 3 is 2.36 bits per heavy atom. The van der Waals surface area contributed by atoms with Crippen LogP contribution < -0.4 is 19.7 Å². The molecule has 33 heavy (non-hydrogen) atoms. The number of aromatic nitrogens is 2. The molecule has 8 heteroatoms. The summed E-state index contributed by atoms with van der Waals surface area (Å²) in [6.07, 6.45) is 0.877. The van der Waals surface area contributed by atoms with E-state index in [1.54, 1.807) is 14.2 Å². The van der Waals surface area contributed by atoms with Crippen molar-refractivity contribution in [3.05, 3.63) is 60.2 Å². The molecule has 1 fully saturated rings. The number of methoxy groups -OCH3 is 2. The fourth-order valence-corrected chi connectivity index (χ4v) is 3.93. The number of anilines is 2. The average molecular weight is 448 g/mol. The van der Waals surface area contributed by atoms with Gasteiger partial charge in [-0.25, -0.2) is 4.79 Å². The van der Waals surface area contributed by atoms with Gasteiger partial charge in [0.05, 0.1) is 19.9 Å². The van der Waals surface area contributed by atoms with Gasteiger partial charge < -0.3 is 24.6 Å². The second-order valence-electron chi connectivity index (χ2n) is 7.76. The Morgan fingerprint density at radius 2 is 1.70 bits per heavy atom. The number of amides is 2. The molecule has 1 aliphatic heterocycles. The predicted molar refractivity (Wildman–Crippen MR) is 129 cm³/mol. The van der Waals surface area contributed by atoms with Crippen molar-refractivity contribution in [2.75, 3.05) is 50.6 Å². The topological polar surface area (TPSA) is 79.8 Å². The fraction of sp³-hybridized carbons (Fsp3) is 0.320. The lowest BCUT2D eigenvalue weighted by atomic mass is 10.1. The Morgan fingerprint density at radius 1 is 0.939 bits per heavy atom. The Kier molecular flexibility index (Phi) is 6.92. The van der Waals surface area contributed by atoms with Crippen LogP contribution in [-0.4, -0.2) is 61.5 Å². The summed E-state index contributed by atoms with van der Waals surface area (Å²) in [5.41, 5.74) is 3.67. The molecule has 0 aliphatic carbocycles. The van der Waals surface area contributed by atoms with Crippen LogP contribution in [0.1, 0.15) is 12.5 Å². The summed E-state index contributed by atoms with van der Waals surface area (Å²) in [6, 6.07) is 17.4. The molecule has 1 aliphatic rings. The summed E-state index contributed by atoms with van der Waals surface area (Å²) in [5, 5.41) is 11.9. The van der Waals surface area contributed by atoms with Crippen LogP contribution in [0.4, 0.5) is 16.3 Å². The van der Waals surface area contributed by atoms with Gasteiger partial charge in [-0.15, -0.1) is 10.2 Å². The Labute approximate surface area is 194 Å². The molecule has 8 nitrogen and oxygen atoms in total.